The number of carbonyl (C=O) groups is 1. The van der Waals surface area contributed by atoms with E-state index in [1.54, 1.807) is 0 Å². The van der Waals surface area contributed by atoms with Crippen molar-refractivity contribution in [2.75, 3.05) is 0 Å². The average molecular weight is 321 g/mol. The van der Waals surface area contributed by atoms with E-state index >= 15 is 0 Å². The topological polar surface area (TPSA) is 55.3 Å². The van der Waals surface area contributed by atoms with Gasteiger partial charge in [0.05, 0.1) is 0 Å². The number of hydrogen-bond donors (Lipinski definition) is 2. The molecular weight excluding hydrogens is 290 g/mol. The van der Waals surface area contributed by atoms with Crippen LogP contribution in [0.5, 0.6) is 0 Å². The monoisotopic (exact) mass is 321 g/mol. The van der Waals surface area contributed by atoms with Crippen LogP contribution in [0.15, 0.2) is 6.07 Å². The average Bonchev–Trinajstić information content (AvgIpc) is 2.95. The van der Waals surface area contributed by atoms with Gasteiger partial charge in [-0.3, -0.25) is 0 Å². The van der Waals surface area contributed by atoms with E-state index in [0.717, 1.165) is 25.8 Å². The normalized spacial score (nSPS) is 21.5. The summed E-state index contributed by atoms with van der Waals surface area (Å²) < 4.78 is 7.58. The predicted octanol–water partition coefficient (Wildman–Crippen LogP) is 3.18. The Bertz CT molecular complexity index is 557. The molecule has 1 aliphatic carbocycles. The van der Waals surface area contributed by atoms with Gasteiger partial charge in [-0.25, -0.2) is 4.79 Å². The minimum atomic E-state index is -0.454. The Hall–Kier alpha value is -1.49. The number of aryl methyl sites for hydroxylation is 1. The molecule has 0 saturated heterocycles. The molecule has 5 heteroatoms. The highest BCUT2D eigenvalue weighted by atomic mass is 16.6. The predicted molar refractivity (Wildman–Crippen MR) is 92.5 cm³/mol. The van der Waals surface area contributed by atoms with Crippen LogP contribution in [0.1, 0.15) is 57.0 Å². The van der Waals surface area contributed by atoms with Crippen LogP contribution in [0.25, 0.3) is 0 Å². The summed E-state index contributed by atoms with van der Waals surface area (Å²) in [5.74, 6) is 0. The highest BCUT2D eigenvalue weighted by Crippen LogP contribution is 2.21. The minimum absolute atomic E-state index is 0.148. The number of aromatic nitrogens is 1. The first-order valence-electron chi connectivity index (χ1n) is 8.52. The van der Waals surface area contributed by atoms with E-state index < -0.39 is 5.60 Å². The maximum Gasteiger partial charge on any atom is 0.407 e. The van der Waals surface area contributed by atoms with Crippen molar-refractivity contribution in [3.8, 4) is 0 Å². The largest absolute Gasteiger partial charge is 0.444 e. The first-order valence-corrected chi connectivity index (χ1v) is 8.52. The lowest BCUT2D eigenvalue weighted by Gasteiger charge is -2.25. The van der Waals surface area contributed by atoms with E-state index in [4.69, 9.17) is 4.74 Å². The fourth-order valence-corrected chi connectivity index (χ4v) is 3.19. The van der Waals surface area contributed by atoms with Crippen LogP contribution in [0, 0.1) is 13.8 Å². The fraction of sp³-hybridized carbons (Fsp3) is 0.722. The van der Waals surface area contributed by atoms with Crippen molar-refractivity contribution in [1.82, 2.24) is 15.2 Å². The molecule has 0 aromatic carbocycles. The van der Waals surface area contributed by atoms with Gasteiger partial charge in [0.15, 0.2) is 0 Å². The maximum absolute atomic E-state index is 12.0. The molecule has 1 heterocycles. The standard InChI is InChI=1S/C18H31N3O2/c1-12-10-14(13(2)21(12)6)11-19-15-8-7-9-16(15)20-17(22)23-18(3,4)5/h10,15-16,19H,7-9,11H2,1-6H3,(H,20,22). The number of alkyl carbamates (subject to hydrolysis) is 1. The molecule has 1 fully saturated rings. The molecule has 1 aromatic heterocycles. The molecule has 2 rings (SSSR count). The third-order valence-corrected chi connectivity index (χ3v) is 4.65. The minimum Gasteiger partial charge on any atom is -0.444 e. The first kappa shape index (κ1) is 17.9. The van der Waals surface area contributed by atoms with Crippen molar-refractivity contribution < 1.29 is 9.53 Å². The smallest absolute Gasteiger partial charge is 0.407 e. The second-order valence-corrected chi connectivity index (χ2v) is 7.63. The lowest BCUT2D eigenvalue weighted by Crippen LogP contribution is -2.47. The van der Waals surface area contributed by atoms with E-state index in [1.807, 2.05) is 20.8 Å². The zero-order chi connectivity index (χ0) is 17.2. The molecule has 1 aromatic rings. The van der Waals surface area contributed by atoms with Crippen LogP contribution in [-0.4, -0.2) is 28.3 Å². The van der Waals surface area contributed by atoms with Crippen molar-refractivity contribution in [3.05, 3.63) is 23.0 Å². The highest BCUT2D eigenvalue weighted by Gasteiger charge is 2.30. The van der Waals surface area contributed by atoms with Gasteiger partial charge in [-0.15, -0.1) is 0 Å². The molecule has 0 bridgehead atoms. The Kier molecular flexibility index (Phi) is 5.40. The van der Waals surface area contributed by atoms with E-state index in [0.29, 0.717) is 6.04 Å². The van der Waals surface area contributed by atoms with E-state index in [-0.39, 0.29) is 12.1 Å². The van der Waals surface area contributed by atoms with Crippen LogP contribution < -0.4 is 10.6 Å². The summed E-state index contributed by atoms with van der Waals surface area (Å²) in [7, 11) is 2.09. The van der Waals surface area contributed by atoms with Gasteiger partial charge in [-0.1, -0.05) is 0 Å². The van der Waals surface area contributed by atoms with E-state index in [2.05, 4.69) is 42.2 Å². The fourth-order valence-electron chi connectivity index (χ4n) is 3.19. The number of nitrogens with one attached hydrogen (secondary N) is 2. The van der Waals surface area contributed by atoms with Gasteiger partial charge in [0.25, 0.3) is 0 Å². The Morgan fingerprint density at radius 1 is 1.30 bits per heavy atom. The van der Waals surface area contributed by atoms with Gasteiger partial charge in [0, 0.05) is 37.1 Å². The second-order valence-electron chi connectivity index (χ2n) is 7.63. The molecule has 5 nitrogen and oxygen atoms in total. The molecule has 1 amide bonds. The lowest BCUT2D eigenvalue weighted by atomic mass is 10.1. The number of nitrogens with zero attached hydrogens (tertiary/aromatic N) is 1. The number of amides is 1. The van der Waals surface area contributed by atoms with Crippen molar-refractivity contribution in [2.24, 2.45) is 7.05 Å². The highest BCUT2D eigenvalue weighted by molar-refractivity contribution is 5.68. The summed E-state index contributed by atoms with van der Waals surface area (Å²) in [4.78, 5) is 12.0. The molecule has 1 aliphatic rings. The molecule has 2 unspecified atom stereocenters. The Labute approximate surface area is 139 Å². The molecular formula is C18H31N3O2. The Morgan fingerprint density at radius 2 is 1.96 bits per heavy atom. The van der Waals surface area contributed by atoms with Crippen molar-refractivity contribution in [1.29, 1.82) is 0 Å². The van der Waals surface area contributed by atoms with Crippen molar-refractivity contribution in [3.63, 3.8) is 0 Å². The Morgan fingerprint density at radius 3 is 2.52 bits per heavy atom. The van der Waals surface area contributed by atoms with Crippen LogP contribution in [0.2, 0.25) is 0 Å². The molecule has 2 N–H and O–H groups in total. The molecule has 0 radical (unpaired) electrons. The number of rotatable bonds is 4. The molecule has 130 valence electrons. The third kappa shape index (κ3) is 4.74. The van der Waals surface area contributed by atoms with Crippen LogP contribution in [-0.2, 0) is 18.3 Å². The van der Waals surface area contributed by atoms with Gasteiger partial charge in [0.1, 0.15) is 5.60 Å². The number of carbonyl (C=O) groups excluding carboxylic acids is 1. The second kappa shape index (κ2) is 6.95. The van der Waals surface area contributed by atoms with Gasteiger partial charge in [-0.2, -0.15) is 0 Å². The third-order valence-electron chi connectivity index (χ3n) is 4.65. The van der Waals surface area contributed by atoms with Crippen LogP contribution >= 0.6 is 0 Å². The van der Waals surface area contributed by atoms with Crippen LogP contribution in [0.4, 0.5) is 4.79 Å². The number of ether oxygens (including phenoxy) is 1. The molecule has 0 aliphatic heterocycles. The molecule has 0 spiro atoms. The number of hydrogen-bond acceptors (Lipinski definition) is 3. The maximum atomic E-state index is 12.0. The van der Waals surface area contributed by atoms with E-state index in [9.17, 15) is 4.79 Å². The van der Waals surface area contributed by atoms with Crippen molar-refractivity contribution >= 4 is 6.09 Å². The van der Waals surface area contributed by atoms with Gasteiger partial charge >= 0.3 is 6.09 Å². The van der Waals surface area contributed by atoms with E-state index in [1.165, 1.54) is 17.0 Å². The Balaban J connectivity index is 1.89. The summed E-state index contributed by atoms with van der Waals surface area (Å²) in [6.45, 7) is 10.8. The van der Waals surface area contributed by atoms with Crippen LogP contribution in [0.3, 0.4) is 0 Å². The summed E-state index contributed by atoms with van der Waals surface area (Å²) in [6, 6.07) is 2.69. The van der Waals surface area contributed by atoms with Gasteiger partial charge in [-0.05, 0) is 65.5 Å². The molecule has 1 saturated carbocycles. The summed E-state index contributed by atoms with van der Waals surface area (Å²) >= 11 is 0. The van der Waals surface area contributed by atoms with Gasteiger partial charge in [0.2, 0.25) is 0 Å². The molecule has 2 atom stereocenters. The van der Waals surface area contributed by atoms with Crippen molar-refractivity contribution in [2.45, 2.75) is 78.1 Å². The molecule has 23 heavy (non-hydrogen) atoms. The lowest BCUT2D eigenvalue weighted by molar-refractivity contribution is 0.0498. The summed E-state index contributed by atoms with van der Waals surface area (Å²) in [5.41, 5.74) is 3.44. The quantitative estimate of drug-likeness (QED) is 0.895. The summed E-state index contributed by atoms with van der Waals surface area (Å²) in [5, 5.41) is 6.64. The first-order chi connectivity index (χ1) is 10.7. The zero-order valence-corrected chi connectivity index (χ0v) is 15.3. The van der Waals surface area contributed by atoms with Gasteiger partial charge < -0.3 is 19.9 Å². The zero-order valence-electron chi connectivity index (χ0n) is 15.3. The summed E-state index contributed by atoms with van der Waals surface area (Å²) in [6.07, 6.45) is 2.91. The SMILES string of the molecule is Cc1cc(CNC2CCCC2NC(=O)OC(C)(C)C)c(C)n1C.